The smallest absolute Gasteiger partial charge is 0.261 e. The van der Waals surface area contributed by atoms with Crippen LogP contribution in [0.25, 0.3) is 0 Å². The van der Waals surface area contributed by atoms with E-state index < -0.39 is 9.05 Å². The number of hydrogen-bond donors (Lipinski definition) is 1. The number of amides is 1. The van der Waals surface area contributed by atoms with Crippen LogP contribution in [0.4, 0.5) is 0 Å². The molecular formula is C14H19BrClNO3S. The molecule has 21 heavy (non-hydrogen) atoms. The van der Waals surface area contributed by atoms with Crippen molar-refractivity contribution in [1.29, 1.82) is 0 Å². The molecule has 1 rings (SSSR count). The van der Waals surface area contributed by atoms with Gasteiger partial charge >= 0.3 is 0 Å². The first-order valence-electron chi connectivity index (χ1n) is 6.63. The lowest BCUT2D eigenvalue weighted by atomic mass is 10.0. The Balaban J connectivity index is 3.25. The maximum absolute atomic E-state index is 12.4. The maximum atomic E-state index is 12.4. The van der Waals surface area contributed by atoms with Crippen LogP contribution in [0.2, 0.25) is 0 Å². The minimum atomic E-state index is -3.90. The second-order valence-electron chi connectivity index (χ2n) is 5.25. The van der Waals surface area contributed by atoms with E-state index in [4.69, 9.17) is 10.7 Å². The lowest BCUT2D eigenvalue weighted by Gasteiger charge is -2.21. The van der Waals surface area contributed by atoms with E-state index in [0.717, 1.165) is 6.42 Å². The molecule has 1 atom stereocenters. The molecule has 1 aromatic rings. The zero-order valence-electron chi connectivity index (χ0n) is 12.4. The lowest BCUT2D eigenvalue weighted by Crippen LogP contribution is -2.38. The topological polar surface area (TPSA) is 63.2 Å². The van der Waals surface area contributed by atoms with Crippen LogP contribution in [0.1, 0.15) is 43.1 Å². The zero-order valence-corrected chi connectivity index (χ0v) is 15.6. The minimum Gasteiger partial charge on any atom is -0.349 e. The summed E-state index contributed by atoms with van der Waals surface area (Å²) in [4.78, 5) is 12.3. The summed E-state index contributed by atoms with van der Waals surface area (Å²) < 4.78 is 23.7. The summed E-state index contributed by atoms with van der Waals surface area (Å²) in [6, 6.07) is 3.03. The standard InChI is InChI=1S/C14H19BrClNO3S/c1-5-12(8(2)3)17-14(18)11-6-10(15)7-13(9(11)4)21(16,19)20/h6-8,12H,5H2,1-4H3,(H,17,18). The molecule has 0 radical (unpaired) electrons. The van der Waals surface area contributed by atoms with Crippen LogP contribution in [0.3, 0.4) is 0 Å². The molecule has 0 fully saturated rings. The highest BCUT2D eigenvalue weighted by Crippen LogP contribution is 2.27. The van der Waals surface area contributed by atoms with Gasteiger partial charge in [-0.25, -0.2) is 8.42 Å². The zero-order chi connectivity index (χ0) is 16.4. The minimum absolute atomic E-state index is 0.0342. The molecule has 0 aliphatic carbocycles. The van der Waals surface area contributed by atoms with Gasteiger partial charge in [0.25, 0.3) is 15.0 Å². The average Bonchev–Trinajstić information content (AvgIpc) is 2.36. The number of nitrogens with one attached hydrogen (secondary N) is 1. The molecule has 0 aromatic heterocycles. The van der Waals surface area contributed by atoms with Gasteiger partial charge in [0.1, 0.15) is 0 Å². The van der Waals surface area contributed by atoms with Gasteiger partial charge in [-0.1, -0.05) is 36.7 Å². The number of benzene rings is 1. The number of carbonyl (C=O) groups excluding carboxylic acids is 1. The van der Waals surface area contributed by atoms with E-state index in [1.54, 1.807) is 13.0 Å². The van der Waals surface area contributed by atoms with Crippen molar-refractivity contribution >= 4 is 41.6 Å². The fraction of sp³-hybridized carbons (Fsp3) is 0.500. The van der Waals surface area contributed by atoms with Crippen molar-refractivity contribution in [2.75, 3.05) is 0 Å². The highest BCUT2D eigenvalue weighted by atomic mass is 79.9. The van der Waals surface area contributed by atoms with Gasteiger partial charge in [-0.3, -0.25) is 4.79 Å². The van der Waals surface area contributed by atoms with E-state index in [-0.39, 0.29) is 16.8 Å². The molecule has 0 saturated carbocycles. The first kappa shape index (κ1) is 18.5. The van der Waals surface area contributed by atoms with Gasteiger partial charge in [-0.05, 0) is 37.0 Å². The quantitative estimate of drug-likeness (QED) is 0.769. The Hall–Kier alpha value is -0.590. The van der Waals surface area contributed by atoms with Crippen LogP contribution in [0.5, 0.6) is 0 Å². The van der Waals surface area contributed by atoms with Gasteiger partial charge < -0.3 is 5.32 Å². The Morgan fingerprint density at radius 3 is 2.38 bits per heavy atom. The Labute approximate surface area is 138 Å². The molecule has 0 aliphatic heterocycles. The molecule has 0 bridgehead atoms. The van der Waals surface area contributed by atoms with E-state index >= 15 is 0 Å². The fourth-order valence-electron chi connectivity index (χ4n) is 2.13. The van der Waals surface area contributed by atoms with Crippen molar-refractivity contribution in [3.63, 3.8) is 0 Å². The molecule has 0 saturated heterocycles. The summed E-state index contributed by atoms with van der Waals surface area (Å²) in [7, 11) is 1.52. The molecule has 118 valence electrons. The van der Waals surface area contributed by atoms with Crippen molar-refractivity contribution in [2.24, 2.45) is 5.92 Å². The molecule has 4 nitrogen and oxygen atoms in total. The third-order valence-corrected chi connectivity index (χ3v) is 5.30. The fourth-order valence-corrected chi connectivity index (χ4v) is 3.96. The van der Waals surface area contributed by atoms with Gasteiger partial charge in [-0.15, -0.1) is 0 Å². The number of halogens is 2. The predicted molar refractivity (Wildman–Crippen MR) is 88.3 cm³/mol. The second-order valence-corrected chi connectivity index (χ2v) is 8.70. The molecule has 0 aliphatic rings. The molecular weight excluding hydrogens is 378 g/mol. The van der Waals surface area contributed by atoms with Crippen molar-refractivity contribution in [1.82, 2.24) is 5.32 Å². The molecule has 1 amide bonds. The summed E-state index contributed by atoms with van der Waals surface area (Å²) in [5.74, 6) is -0.00134. The Kier molecular flexibility index (Phi) is 6.25. The van der Waals surface area contributed by atoms with E-state index in [0.29, 0.717) is 21.5 Å². The van der Waals surface area contributed by atoms with Gasteiger partial charge in [0.2, 0.25) is 0 Å². The summed E-state index contributed by atoms with van der Waals surface area (Å²) >= 11 is 3.22. The van der Waals surface area contributed by atoms with Crippen LogP contribution in [0.15, 0.2) is 21.5 Å². The van der Waals surface area contributed by atoms with Crippen LogP contribution >= 0.6 is 26.6 Å². The van der Waals surface area contributed by atoms with Gasteiger partial charge in [-0.2, -0.15) is 0 Å². The third kappa shape index (κ3) is 4.69. The average molecular weight is 397 g/mol. The number of rotatable bonds is 5. The SMILES string of the molecule is CCC(NC(=O)c1cc(Br)cc(S(=O)(=O)Cl)c1C)C(C)C. The first-order chi connectivity index (χ1) is 9.57. The Bertz CT molecular complexity index is 644. The highest BCUT2D eigenvalue weighted by Gasteiger charge is 2.22. The second kappa shape index (κ2) is 7.11. The summed E-state index contributed by atoms with van der Waals surface area (Å²) in [6.45, 7) is 7.62. The van der Waals surface area contributed by atoms with E-state index in [9.17, 15) is 13.2 Å². The van der Waals surface area contributed by atoms with Crippen LogP contribution < -0.4 is 5.32 Å². The largest absolute Gasteiger partial charge is 0.349 e. The van der Waals surface area contributed by atoms with Crippen molar-refractivity contribution in [3.8, 4) is 0 Å². The Morgan fingerprint density at radius 2 is 1.95 bits per heavy atom. The van der Waals surface area contributed by atoms with Crippen LogP contribution in [0, 0.1) is 12.8 Å². The van der Waals surface area contributed by atoms with E-state index in [1.165, 1.54) is 6.07 Å². The number of carbonyl (C=O) groups is 1. The van der Waals surface area contributed by atoms with Gasteiger partial charge in [0.05, 0.1) is 4.90 Å². The molecule has 7 heteroatoms. The van der Waals surface area contributed by atoms with E-state index in [1.807, 2.05) is 20.8 Å². The van der Waals surface area contributed by atoms with Crippen molar-refractivity contribution < 1.29 is 13.2 Å². The Morgan fingerprint density at radius 1 is 1.38 bits per heavy atom. The van der Waals surface area contributed by atoms with Crippen molar-refractivity contribution in [2.45, 2.75) is 45.1 Å². The molecule has 1 unspecified atom stereocenters. The number of hydrogen-bond acceptors (Lipinski definition) is 3. The van der Waals surface area contributed by atoms with Gasteiger partial charge in [0.15, 0.2) is 0 Å². The van der Waals surface area contributed by atoms with Gasteiger partial charge in [0, 0.05) is 26.8 Å². The molecule has 1 aromatic carbocycles. The lowest BCUT2D eigenvalue weighted by molar-refractivity contribution is 0.0923. The third-order valence-electron chi connectivity index (χ3n) is 3.39. The van der Waals surface area contributed by atoms with Crippen molar-refractivity contribution in [3.05, 3.63) is 27.7 Å². The summed E-state index contributed by atoms with van der Waals surface area (Å²) in [5.41, 5.74) is 0.659. The summed E-state index contributed by atoms with van der Waals surface area (Å²) in [6.07, 6.45) is 0.803. The van der Waals surface area contributed by atoms with Crippen LogP contribution in [-0.2, 0) is 9.05 Å². The molecule has 0 spiro atoms. The maximum Gasteiger partial charge on any atom is 0.261 e. The normalized spacial score (nSPS) is 13.3. The predicted octanol–water partition coefficient (Wildman–Crippen LogP) is 3.85. The monoisotopic (exact) mass is 395 g/mol. The first-order valence-corrected chi connectivity index (χ1v) is 9.73. The highest BCUT2D eigenvalue weighted by molar-refractivity contribution is 9.10. The van der Waals surface area contributed by atoms with E-state index in [2.05, 4.69) is 21.2 Å². The molecule has 1 N–H and O–H groups in total. The summed E-state index contributed by atoms with van der Waals surface area (Å²) in [5, 5.41) is 2.93. The van der Waals surface area contributed by atoms with Crippen LogP contribution in [-0.4, -0.2) is 20.4 Å². The molecule has 0 heterocycles.